The molecule has 1 unspecified atom stereocenters. The summed E-state index contributed by atoms with van der Waals surface area (Å²) >= 11 is 0. The number of hydrogen-bond donors (Lipinski definition) is 1. The van der Waals surface area contributed by atoms with Crippen LogP contribution in [0.3, 0.4) is 0 Å². The molecular weight excluding hydrogens is 248 g/mol. The predicted molar refractivity (Wildman–Crippen MR) is 80.1 cm³/mol. The highest BCUT2D eigenvalue weighted by atomic mass is 16.2. The maximum Gasteiger partial charge on any atom is 0.244 e. The first-order chi connectivity index (χ1) is 9.77. The van der Waals surface area contributed by atoms with Crippen molar-refractivity contribution in [2.75, 3.05) is 6.54 Å². The molecule has 1 aromatic carbocycles. The fourth-order valence-corrected chi connectivity index (χ4v) is 3.59. The van der Waals surface area contributed by atoms with E-state index >= 15 is 0 Å². The molecule has 3 nitrogen and oxygen atoms in total. The molecule has 3 rings (SSSR count). The van der Waals surface area contributed by atoms with E-state index in [1.807, 2.05) is 6.07 Å². The largest absolute Gasteiger partial charge is 0.321 e. The Hall–Kier alpha value is -1.35. The second kappa shape index (κ2) is 5.57. The van der Waals surface area contributed by atoms with Crippen LogP contribution in [0.5, 0.6) is 0 Å². The maximum absolute atomic E-state index is 12.9. The van der Waals surface area contributed by atoms with E-state index in [1.54, 1.807) is 0 Å². The van der Waals surface area contributed by atoms with Crippen LogP contribution in [0, 0.1) is 0 Å². The molecule has 1 aliphatic carbocycles. The lowest BCUT2D eigenvalue weighted by molar-refractivity contribution is -0.133. The molecule has 0 bridgehead atoms. The molecule has 2 aliphatic rings. The first kappa shape index (κ1) is 13.6. The maximum atomic E-state index is 12.9. The average molecular weight is 272 g/mol. The third-order valence-corrected chi connectivity index (χ3v) is 4.72. The zero-order valence-corrected chi connectivity index (χ0v) is 12.3. The Kier molecular flexibility index (Phi) is 3.79. The molecule has 1 atom stereocenters. The Bertz CT molecular complexity index is 465. The van der Waals surface area contributed by atoms with Crippen LogP contribution in [0.4, 0.5) is 0 Å². The van der Waals surface area contributed by atoms with Crippen LogP contribution >= 0.6 is 0 Å². The smallest absolute Gasteiger partial charge is 0.244 e. The summed E-state index contributed by atoms with van der Waals surface area (Å²) in [5, 5.41) is 3.67. The van der Waals surface area contributed by atoms with Crippen LogP contribution in [0.2, 0.25) is 0 Å². The van der Waals surface area contributed by atoms with E-state index in [-0.39, 0.29) is 11.7 Å². The van der Waals surface area contributed by atoms with Crippen molar-refractivity contribution in [3.63, 3.8) is 0 Å². The molecule has 1 saturated heterocycles. The quantitative estimate of drug-likeness (QED) is 0.912. The Morgan fingerprint density at radius 3 is 2.60 bits per heavy atom. The lowest BCUT2D eigenvalue weighted by atomic mass is 9.98. The lowest BCUT2D eigenvalue weighted by Gasteiger charge is -2.24. The van der Waals surface area contributed by atoms with Crippen molar-refractivity contribution in [1.29, 1.82) is 0 Å². The first-order valence-electron chi connectivity index (χ1n) is 7.90. The summed E-state index contributed by atoms with van der Waals surface area (Å²) in [7, 11) is 0. The molecule has 20 heavy (non-hydrogen) atoms. The summed E-state index contributed by atoms with van der Waals surface area (Å²) in [5.74, 6) is 0.331. The van der Waals surface area contributed by atoms with E-state index in [2.05, 4.69) is 41.4 Å². The number of nitrogens with zero attached hydrogens (tertiary/aromatic N) is 1. The third-order valence-electron chi connectivity index (χ3n) is 4.72. The van der Waals surface area contributed by atoms with Crippen molar-refractivity contribution in [3.8, 4) is 0 Å². The SMILES string of the molecule is CCCCN1C(=O)C2(CCCC2)NC1c1ccccc1. The molecule has 1 saturated carbocycles. The predicted octanol–water partition coefficient (Wildman–Crippen LogP) is 3.23. The lowest BCUT2D eigenvalue weighted by Crippen LogP contribution is -2.44. The third kappa shape index (κ3) is 2.24. The van der Waals surface area contributed by atoms with Crippen LogP contribution in [0.1, 0.15) is 57.2 Å². The summed E-state index contributed by atoms with van der Waals surface area (Å²) in [4.78, 5) is 15.0. The van der Waals surface area contributed by atoms with Crippen molar-refractivity contribution in [3.05, 3.63) is 35.9 Å². The van der Waals surface area contributed by atoms with Crippen molar-refractivity contribution in [1.82, 2.24) is 10.2 Å². The van der Waals surface area contributed by atoms with Gasteiger partial charge >= 0.3 is 0 Å². The van der Waals surface area contributed by atoms with E-state index in [9.17, 15) is 4.79 Å². The van der Waals surface area contributed by atoms with Gasteiger partial charge in [-0.15, -0.1) is 0 Å². The minimum atomic E-state index is -0.270. The number of benzene rings is 1. The van der Waals surface area contributed by atoms with E-state index in [1.165, 1.54) is 18.4 Å². The van der Waals surface area contributed by atoms with Crippen LogP contribution in [-0.4, -0.2) is 22.9 Å². The minimum absolute atomic E-state index is 0.0633. The van der Waals surface area contributed by atoms with Crippen LogP contribution < -0.4 is 5.32 Å². The fraction of sp³-hybridized carbons (Fsp3) is 0.588. The molecule has 108 valence electrons. The minimum Gasteiger partial charge on any atom is -0.321 e. The van der Waals surface area contributed by atoms with E-state index in [4.69, 9.17) is 0 Å². The molecular formula is C17H24N2O. The molecule has 0 aromatic heterocycles. The number of unbranched alkanes of at least 4 members (excludes halogenated alkanes) is 1. The normalized spacial score (nSPS) is 24.8. The molecule has 1 aromatic rings. The highest BCUT2D eigenvalue weighted by molar-refractivity contribution is 5.89. The van der Waals surface area contributed by atoms with Gasteiger partial charge in [0.2, 0.25) is 5.91 Å². The van der Waals surface area contributed by atoms with Gasteiger partial charge in [0.1, 0.15) is 6.17 Å². The van der Waals surface area contributed by atoms with Crippen molar-refractivity contribution in [2.45, 2.75) is 57.2 Å². The second-order valence-corrected chi connectivity index (χ2v) is 6.10. The summed E-state index contributed by atoms with van der Waals surface area (Å²) in [6, 6.07) is 10.4. The van der Waals surface area contributed by atoms with E-state index < -0.39 is 0 Å². The van der Waals surface area contributed by atoms with Gasteiger partial charge in [-0.05, 0) is 24.8 Å². The monoisotopic (exact) mass is 272 g/mol. The first-order valence-corrected chi connectivity index (χ1v) is 7.90. The average Bonchev–Trinajstić information content (AvgIpc) is 3.06. The highest BCUT2D eigenvalue weighted by Crippen LogP contribution is 2.40. The summed E-state index contributed by atoms with van der Waals surface area (Å²) < 4.78 is 0. The summed E-state index contributed by atoms with van der Waals surface area (Å²) in [6.45, 7) is 3.04. The van der Waals surface area contributed by atoms with Gasteiger partial charge in [-0.1, -0.05) is 56.5 Å². The van der Waals surface area contributed by atoms with Gasteiger partial charge in [0.25, 0.3) is 0 Å². The number of carbonyl (C=O) groups excluding carboxylic acids is 1. The number of amides is 1. The zero-order valence-electron chi connectivity index (χ0n) is 12.3. The van der Waals surface area contributed by atoms with Gasteiger partial charge in [-0.2, -0.15) is 0 Å². The van der Waals surface area contributed by atoms with Crippen LogP contribution in [0.15, 0.2) is 30.3 Å². The van der Waals surface area contributed by atoms with Crippen molar-refractivity contribution >= 4 is 5.91 Å². The summed E-state index contributed by atoms with van der Waals surface area (Å²) in [5.41, 5.74) is 0.939. The van der Waals surface area contributed by atoms with Gasteiger partial charge in [-0.25, -0.2) is 0 Å². The van der Waals surface area contributed by atoms with Crippen molar-refractivity contribution < 1.29 is 4.79 Å². The Morgan fingerprint density at radius 2 is 1.95 bits per heavy atom. The molecule has 1 spiro atoms. The highest BCUT2D eigenvalue weighted by Gasteiger charge is 2.52. The molecule has 1 aliphatic heterocycles. The fourth-order valence-electron chi connectivity index (χ4n) is 3.59. The van der Waals surface area contributed by atoms with Crippen molar-refractivity contribution in [2.24, 2.45) is 0 Å². The number of nitrogens with one attached hydrogen (secondary N) is 1. The topological polar surface area (TPSA) is 32.3 Å². The molecule has 0 radical (unpaired) electrons. The Labute approximate surface area is 121 Å². The van der Waals surface area contributed by atoms with E-state index in [0.717, 1.165) is 32.2 Å². The molecule has 2 fully saturated rings. The van der Waals surface area contributed by atoms with E-state index in [0.29, 0.717) is 5.91 Å². The van der Waals surface area contributed by atoms with Crippen LogP contribution in [0.25, 0.3) is 0 Å². The zero-order chi connectivity index (χ0) is 14.0. The summed E-state index contributed by atoms with van der Waals surface area (Å²) in [6.07, 6.45) is 6.60. The number of carbonyl (C=O) groups is 1. The molecule has 1 heterocycles. The van der Waals surface area contributed by atoms with Gasteiger partial charge in [0.05, 0.1) is 5.54 Å². The van der Waals surface area contributed by atoms with Gasteiger partial charge in [0.15, 0.2) is 0 Å². The Balaban J connectivity index is 1.88. The van der Waals surface area contributed by atoms with Crippen LogP contribution in [-0.2, 0) is 4.79 Å². The molecule has 1 amide bonds. The standard InChI is InChI=1S/C17H24N2O/c1-2-3-13-19-15(14-9-5-4-6-10-14)18-17(16(19)20)11-7-8-12-17/h4-6,9-10,15,18H,2-3,7-8,11-13H2,1H3. The molecule has 1 N–H and O–H groups in total. The Morgan fingerprint density at radius 1 is 1.25 bits per heavy atom. The van der Waals surface area contributed by atoms with Gasteiger partial charge < -0.3 is 4.90 Å². The van der Waals surface area contributed by atoms with Gasteiger partial charge in [0, 0.05) is 6.54 Å². The second-order valence-electron chi connectivity index (χ2n) is 6.10. The molecule has 3 heteroatoms. The van der Waals surface area contributed by atoms with Gasteiger partial charge in [-0.3, -0.25) is 10.1 Å². The number of hydrogen-bond acceptors (Lipinski definition) is 2. The number of rotatable bonds is 4.